The minimum Gasteiger partial charge on any atom is -0.496 e. The molecule has 4 aromatic carbocycles. The number of benzene rings is 4. The third-order valence-electron chi connectivity index (χ3n) is 16.3. The molecule has 4 heterocycles. The van der Waals surface area contributed by atoms with Crippen molar-refractivity contribution in [2.24, 2.45) is 11.3 Å². The lowest BCUT2D eigenvalue weighted by atomic mass is 9.59. The van der Waals surface area contributed by atoms with Crippen molar-refractivity contribution in [3.05, 3.63) is 141 Å². The van der Waals surface area contributed by atoms with E-state index < -0.39 is 37.0 Å². The molecule has 2 saturated heterocycles. The van der Waals surface area contributed by atoms with Gasteiger partial charge in [0.15, 0.2) is 0 Å². The van der Waals surface area contributed by atoms with Gasteiger partial charge in [-0.25, -0.2) is 18.1 Å². The first-order valence-corrected chi connectivity index (χ1v) is 27.9. The number of piperazine rings is 1. The van der Waals surface area contributed by atoms with Crippen LogP contribution in [0.1, 0.15) is 124 Å². The van der Waals surface area contributed by atoms with E-state index in [4.69, 9.17) is 9.47 Å². The number of aromatic nitrogens is 2. The maximum atomic E-state index is 14.1. The van der Waals surface area contributed by atoms with E-state index in [0.717, 1.165) is 87.8 Å². The number of pyridine rings is 1. The van der Waals surface area contributed by atoms with E-state index in [1.807, 2.05) is 19.1 Å². The molecule has 396 valence electrons. The lowest BCUT2D eigenvalue weighted by Gasteiger charge is -2.63. The summed E-state index contributed by atoms with van der Waals surface area (Å²) in [5.74, 6) is 1.46. The van der Waals surface area contributed by atoms with E-state index in [1.54, 1.807) is 31.5 Å². The van der Waals surface area contributed by atoms with Gasteiger partial charge in [-0.2, -0.15) is 0 Å². The van der Waals surface area contributed by atoms with Crippen molar-refractivity contribution in [3.63, 3.8) is 0 Å². The van der Waals surface area contributed by atoms with Crippen LogP contribution < -0.4 is 24.4 Å². The highest BCUT2D eigenvalue weighted by Gasteiger charge is 2.55. The highest BCUT2D eigenvalue weighted by Crippen LogP contribution is 2.54. The van der Waals surface area contributed by atoms with Crippen LogP contribution in [-0.2, 0) is 16.6 Å². The molecular weight excluding hydrogens is 969 g/mol. The molecule has 1 spiro atoms. The highest BCUT2D eigenvalue weighted by molar-refractivity contribution is 7.90. The number of amides is 1. The molecule has 2 aromatic heterocycles. The third-order valence-corrected chi connectivity index (χ3v) is 17.6. The molecule has 4 N–H and O–H groups in total. The molecule has 17 heteroatoms. The summed E-state index contributed by atoms with van der Waals surface area (Å²) in [4.78, 5) is 40.5. The van der Waals surface area contributed by atoms with Crippen LogP contribution in [0.25, 0.3) is 11.0 Å². The number of nitrogens with one attached hydrogen (secondary N) is 3. The Morgan fingerprint density at radius 1 is 0.933 bits per heavy atom. The molecule has 0 bridgehead atoms. The molecule has 75 heavy (non-hydrogen) atoms. The molecule has 2 saturated carbocycles. The van der Waals surface area contributed by atoms with E-state index in [2.05, 4.69) is 105 Å². The molecule has 1 amide bonds. The summed E-state index contributed by atoms with van der Waals surface area (Å²) in [6.07, 6.45) is 8.23. The number of sulfonamides is 1. The van der Waals surface area contributed by atoms with Crippen molar-refractivity contribution in [1.29, 1.82) is 0 Å². The van der Waals surface area contributed by atoms with Gasteiger partial charge in [0.25, 0.3) is 21.6 Å². The van der Waals surface area contributed by atoms with Gasteiger partial charge in [-0.05, 0) is 128 Å². The number of carbonyl (C=O) groups is 1. The molecule has 10 rings (SSSR count). The minimum absolute atomic E-state index is 0.0340. The number of hydrogen-bond donors (Lipinski definition) is 4. The van der Waals surface area contributed by atoms with Gasteiger partial charge in [0, 0.05) is 92.7 Å². The lowest BCUT2D eigenvalue weighted by molar-refractivity contribution is -0.384. The van der Waals surface area contributed by atoms with Gasteiger partial charge in [-0.3, -0.25) is 24.7 Å². The van der Waals surface area contributed by atoms with Gasteiger partial charge in [0.2, 0.25) is 0 Å². The first-order chi connectivity index (χ1) is 35.9. The Kier molecular flexibility index (Phi) is 14.5. The second-order valence-corrected chi connectivity index (χ2v) is 24.2. The average Bonchev–Trinajstić information content (AvgIpc) is 3.84. The fourth-order valence-electron chi connectivity index (χ4n) is 12.1. The van der Waals surface area contributed by atoms with Crippen molar-refractivity contribution in [1.82, 2.24) is 24.5 Å². The van der Waals surface area contributed by atoms with Crippen molar-refractivity contribution >= 4 is 44.0 Å². The molecule has 0 unspecified atom stereocenters. The summed E-state index contributed by atoms with van der Waals surface area (Å²) in [6.45, 7) is 16.6. The summed E-state index contributed by atoms with van der Waals surface area (Å²) >= 11 is 0. The maximum Gasteiger partial charge on any atom is 0.293 e. The van der Waals surface area contributed by atoms with Crippen molar-refractivity contribution < 1.29 is 32.7 Å². The zero-order chi connectivity index (χ0) is 52.8. The first-order valence-electron chi connectivity index (χ1n) is 26.4. The topological polar surface area (TPSA) is 195 Å². The van der Waals surface area contributed by atoms with Gasteiger partial charge in [0.1, 0.15) is 28.6 Å². The number of rotatable bonds is 17. The van der Waals surface area contributed by atoms with Crippen molar-refractivity contribution in [2.75, 3.05) is 56.6 Å². The number of hydrogen-bond acceptors (Lipinski definition) is 13. The monoisotopic (exact) mass is 1040 g/mol. The van der Waals surface area contributed by atoms with Crippen LogP contribution in [0.3, 0.4) is 0 Å². The number of aliphatic hydroxyl groups is 1. The number of fused-ring (bicyclic) bond motifs is 1. The normalized spacial score (nSPS) is 21.3. The molecule has 4 fully saturated rings. The molecule has 6 aromatic rings. The van der Waals surface area contributed by atoms with Gasteiger partial charge in [-0.1, -0.05) is 64.1 Å². The fraction of sp³-hybridized carbons (Fsp3) is 0.448. The standard InChI is InChI=1S/C58H70N8O8S/c1-37(2)46-9-7-8-10-48(46)52-34-63(33-40-11-14-47(38(3)4)53(25-40)73-6)23-24-65(52)43-29-58(30-43)35-64(36-58)42-12-15-49(54(27-42)74-44-26-41-19-22-59-55(41)61-32-44)56(67)62-75(71,72)45-13-16-50(51(28-45)66(69)70)60-31-39-17-20-57(5,68)21-18-39/h7-16,19,22,25-28,32,37-39,43,52,60,68H,17-18,20-21,23-24,29-31,33-36H2,1-6H3,(H,59,61)(H,62,67)/t39-,52-,57-/m0/s1. The molecule has 16 nitrogen and oxygen atoms in total. The molecule has 4 aliphatic rings. The summed E-state index contributed by atoms with van der Waals surface area (Å²) in [5.41, 5.74) is 5.91. The quantitative estimate of drug-likeness (QED) is 0.0498. The first kappa shape index (κ1) is 51.9. The van der Waals surface area contributed by atoms with Crippen LogP contribution in [0.2, 0.25) is 0 Å². The zero-order valence-corrected chi connectivity index (χ0v) is 44.7. The van der Waals surface area contributed by atoms with Crippen LogP contribution in [0.15, 0.2) is 108 Å². The molecule has 2 aliphatic heterocycles. The highest BCUT2D eigenvalue weighted by atomic mass is 32.2. The lowest BCUT2D eigenvalue weighted by Crippen LogP contribution is -2.68. The summed E-state index contributed by atoms with van der Waals surface area (Å²) < 4.78 is 42.1. The SMILES string of the molecule is COc1cc(CN2CCN(C3CC4(C3)CN(c3ccc(C(=O)NS(=O)(=O)c5ccc(NC[C@H]6CC[C@](C)(O)CC6)c([N+](=O)[O-])c5)c(Oc5cnc6[nH]ccc6c5)c3)C4)[C@H](c3ccccc3C(C)C)C2)ccc1C(C)C. The molecule has 2 aliphatic carbocycles. The number of nitro benzene ring substituents is 1. The zero-order valence-electron chi connectivity index (χ0n) is 43.8. The summed E-state index contributed by atoms with van der Waals surface area (Å²) in [6, 6.07) is 28.7. The second kappa shape index (κ2) is 20.9. The van der Waals surface area contributed by atoms with Crippen LogP contribution in [-0.4, -0.2) is 102 Å². The Morgan fingerprint density at radius 2 is 1.69 bits per heavy atom. The number of H-pyrrole nitrogens is 1. The smallest absolute Gasteiger partial charge is 0.293 e. The number of methoxy groups -OCH3 is 1. The maximum absolute atomic E-state index is 14.1. The Bertz CT molecular complexity index is 3190. The Labute approximate surface area is 440 Å². The number of aromatic amines is 1. The van der Waals surface area contributed by atoms with Gasteiger partial charge in [0.05, 0.1) is 34.3 Å². The number of nitro groups is 1. The predicted molar refractivity (Wildman–Crippen MR) is 291 cm³/mol. The molecule has 1 atom stereocenters. The van der Waals surface area contributed by atoms with E-state index >= 15 is 0 Å². The third kappa shape index (κ3) is 11.1. The number of anilines is 2. The second-order valence-electron chi connectivity index (χ2n) is 22.5. The van der Waals surface area contributed by atoms with Crippen LogP contribution in [0.5, 0.6) is 17.2 Å². The van der Waals surface area contributed by atoms with Gasteiger partial charge < -0.3 is 29.8 Å². The largest absolute Gasteiger partial charge is 0.496 e. The van der Waals surface area contributed by atoms with Gasteiger partial charge >= 0.3 is 0 Å². The Hall–Kier alpha value is -6.53. The average molecular weight is 1040 g/mol. The summed E-state index contributed by atoms with van der Waals surface area (Å²) in [7, 11) is -2.83. The van der Waals surface area contributed by atoms with Crippen LogP contribution in [0.4, 0.5) is 17.1 Å². The van der Waals surface area contributed by atoms with E-state index in [9.17, 15) is 28.4 Å². The van der Waals surface area contributed by atoms with Crippen molar-refractivity contribution in [3.8, 4) is 17.2 Å². The molecule has 0 radical (unpaired) electrons. The van der Waals surface area contributed by atoms with E-state index in [0.29, 0.717) is 48.7 Å². The minimum atomic E-state index is -4.59. The van der Waals surface area contributed by atoms with Gasteiger partial charge in [-0.15, -0.1) is 0 Å². The summed E-state index contributed by atoms with van der Waals surface area (Å²) in [5, 5.41) is 26.5. The van der Waals surface area contributed by atoms with E-state index in [1.165, 1.54) is 40.6 Å². The number of carbonyl (C=O) groups excluding carboxylic acids is 1. The van der Waals surface area contributed by atoms with E-state index in [-0.39, 0.29) is 34.4 Å². The van der Waals surface area contributed by atoms with Crippen molar-refractivity contribution in [2.45, 2.75) is 114 Å². The Morgan fingerprint density at radius 3 is 2.43 bits per heavy atom. The Balaban J connectivity index is 0.840. The number of ether oxygens (including phenoxy) is 2. The number of nitrogens with zero attached hydrogens (tertiary/aromatic N) is 5. The van der Waals surface area contributed by atoms with Crippen LogP contribution in [0, 0.1) is 21.4 Å². The molecular formula is C58H70N8O8S. The van der Waals surface area contributed by atoms with Crippen LogP contribution >= 0.6 is 0 Å². The fourth-order valence-corrected chi connectivity index (χ4v) is 13.1. The predicted octanol–water partition coefficient (Wildman–Crippen LogP) is 10.5.